The van der Waals surface area contributed by atoms with E-state index < -0.39 is 23.8 Å². The van der Waals surface area contributed by atoms with E-state index in [-0.39, 0.29) is 12.5 Å². The van der Waals surface area contributed by atoms with E-state index in [1.807, 2.05) is 61.5 Å². The van der Waals surface area contributed by atoms with Crippen molar-refractivity contribution in [3.05, 3.63) is 95.6 Å². The number of aliphatic carboxylic acids is 1. The first-order valence-electron chi connectivity index (χ1n) is 11.1. The number of carbonyl (C=O) groups excluding carboxylic acids is 2. The lowest BCUT2D eigenvalue weighted by atomic mass is 9.93. The lowest BCUT2D eigenvalue weighted by Crippen LogP contribution is -2.45. The Morgan fingerprint density at radius 1 is 0.941 bits per heavy atom. The van der Waals surface area contributed by atoms with Crippen molar-refractivity contribution in [2.75, 3.05) is 13.1 Å². The summed E-state index contributed by atoms with van der Waals surface area (Å²) in [4.78, 5) is 38.5. The highest BCUT2D eigenvalue weighted by Gasteiger charge is 2.40. The average Bonchev–Trinajstić information content (AvgIpc) is 3.29. The van der Waals surface area contributed by atoms with Crippen molar-refractivity contribution in [3.8, 4) is 11.5 Å². The van der Waals surface area contributed by atoms with Gasteiger partial charge in [-0.15, -0.1) is 0 Å². The number of hydrogen-bond donors (Lipinski definition) is 2. The Balaban J connectivity index is 1.36. The molecule has 34 heavy (non-hydrogen) atoms. The minimum Gasteiger partial charge on any atom is -0.480 e. The SMILES string of the molecule is Cc1ccccc1C1CC(C(=O)O)N(C(=O)CNC(=O)c2ccc(Oc3ccccc3)cc2)C1. The number of amides is 2. The van der Waals surface area contributed by atoms with E-state index in [0.717, 1.165) is 11.1 Å². The summed E-state index contributed by atoms with van der Waals surface area (Å²) in [6.07, 6.45) is 0.350. The summed E-state index contributed by atoms with van der Waals surface area (Å²) in [6.45, 7) is 2.01. The van der Waals surface area contributed by atoms with Crippen LogP contribution in [0.2, 0.25) is 0 Å². The van der Waals surface area contributed by atoms with E-state index in [1.54, 1.807) is 24.3 Å². The summed E-state index contributed by atoms with van der Waals surface area (Å²) in [7, 11) is 0. The fraction of sp³-hybridized carbons (Fsp3) is 0.222. The van der Waals surface area contributed by atoms with Gasteiger partial charge in [-0.1, -0.05) is 42.5 Å². The Morgan fingerprint density at radius 3 is 2.26 bits per heavy atom. The third kappa shape index (κ3) is 5.26. The third-order valence-corrected chi connectivity index (χ3v) is 6.03. The van der Waals surface area contributed by atoms with Crippen LogP contribution in [0.25, 0.3) is 0 Å². The lowest BCUT2D eigenvalue weighted by molar-refractivity contribution is -0.147. The molecule has 0 saturated carbocycles. The minimum absolute atomic E-state index is 0.0564. The molecule has 174 valence electrons. The molecule has 2 atom stereocenters. The van der Waals surface area contributed by atoms with Crippen molar-refractivity contribution < 1.29 is 24.2 Å². The normalized spacial score (nSPS) is 17.3. The molecule has 3 aromatic rings. The van der Waals surface area contributed by atoms with Crippen LogP contribution in [0.3, 0.4) is 0 Å². The fourth-order valence-electron chi connectivity index (χ4n) is 4.27. The number of aryl methyl sites for hydroxylation is 1. The van der Waals surface area contributed by atoms with E-state index in [2.05, 4.69) is 5.32 Å². The number of carboxylic acid groups (broad SMARTS) is 1. The molecular formula is C27H26N2O5. The predicted octanol–water partition coefficient (Wildman–Crippen LogP) is 3.99. The molecule has 0 spiro atoms. The molecule has 2 N–H and O–H groups in total. The van der Waals surface area contributed by atoms with Crippen molar-refractivity contribution in [2.45, 2.75) is 25.3 Å². The number of ether oxygens (including phenoxy) is 1. The molecule has 1 fully saturated rings. The van der Waals surface area contributed by atoms with Crippen LogP contribution in [-0.2, 0) is 9.59 Å². The summed E-state index contributed by atoms with van der Waals surface area (Å²) >= 11 is 0. The van der Waals surface area contributed by atoms with Crippen LogP contribution in [0, 0.1) is 6.92 Å². The summed E-state index contributed by atoms with van der Waals surface area (Å²) in [6, 6.07) is 22.8. The summed E-state index contributed by atoms with van der Waals surface area (Å²) in [5.41, 5.74) is 2.49. The van der Waals surface area contributed by atoms with Crippen molar-refractivity contribution in [1.82, 2.24) is 10.2 Å². The van der Waals surface area contributed by atoms with Crippen molar-refractivity contribution in [3.63, 3.8) is 0 Å². The van der Waals surface area contributed by atoms with Gasteiger partial charge in [0.25, 0.3) is 5.91 Å². The first-order chi connectivity index (χ1) is 16.4. The molecule has 4 rings (SSSR count). The zero-order valence-electron chi connectivity index (χ0n) is 18.8. The van der Waals surface area contributed by atoms with Gasteiger partial charge in [0.05, 0.1) is 6.54 Å². The summed E-state index contributed by atoms with van der Waals surface area (Å²) in [5.74, 6) is -0.652. The maximum absolute atomic E-state index is 12.8. The second-order valence-corrected chi connectivity index (χ2v) is 8.31. The van der Waals surface area contributed by atoms with Crippen molar-refractivity contribution in [2.24, 2.45) is 0 Å². The molecule has 1 saturated heterocycles. The minimum atomic E-state index is -1.04. The van der Waals surface area contributed by atoms with E-state index in [9.17, 15) is 19.5 Å². The monoisotopic (exact) mass is 458 g/mol. The highest BCUT2D eigenvalue weighted by atomic mass is 16.5. The van der Waals surface area contributed by atoms with E-state index in [1.165, 1.54) is 4.90 Å². The molecule has 0 aliphatic carbocycles. The van der Waals surface area contributed by atoms with Crippen LogP contribution in [0.15, 0.2) is 78.9 Å². The number of carbonyl (C=O) groups is 3. The van der Waals surface area contributed by atoms with Gasteiger partial charge in [0, 0.05) is 18.0 Å². The molecule has 7 nitrogen and oxygen atoms in total. The van der Waals surface area contributed by atoms with E-state index in [0.29, 0.717) is 30.0 Å². The molecule has 1 aliphatic rings. The van der Waals surface area contributed by atoms with Gasteiger partial charge in [-0.05, 0) is 60.9 Å². The molecule has 0 bridgehead atoms. The van der Waals surface area contributed by atoms with Gasteiger partial charge in [-0.25, -0.2) is 4.79 Å². The first kappa shape index (κ1) is 23.0. The molecule has 2 amide bonds. The molecule has 2 unspecified atom stereocenters. The molecular weight excluding hydrogens is 432 g/mol. The highest BCUT2D eigenvalue weighted by Crippen LogP contribution is 2.33. The lowest BCUT2D eigenvalue weighted by Gasteiger charge is -2.21. The molecule has 7 heteroatoms. The van der Waals surface area contributed by atoms with Gasteiger partial charge in [-0.3, -0.25) is 9.59 Å². The van der Waals surface area contributed by atoms with Crippen LogP contribution >= 0.6 is 0 Å². The molecule has 0 radical (unpaired) electrons. The maximum Gasteiger partial charge on any atom is 0.326 e. The van der Waals surface area contributed by atoms with Gasteiger partial charge >= 0.3 is 5.97 Å². The fourth-order valence-corrected chi connectivity index (χ4v) is 4.27. The van der Waals surface area contributed by atoms with Gasteiger partial charge in [0.2, 0.25) is 5.91 Å². The first-order valence-corrected chi connectivity index (χ1v) is 11.1. The quantitative estimate of drug-likeness (QED) is 0.558. The van der Waals surface area contributed by atoms with Gasteiger partial charge in [-0.2, -0.15) is 0 Å². The number of hydrogen-bond acceptors (Lipinski definition) is 4. The second-order valence-electron chi connectivity index (χ2n) is 8.31. The van der Waals surface area contributed by atoms with Crippen molar-refractivity contribution in [1.29, 1.82) is 0 Å². The Kier molecular flexibility index (Phi) is 6.92. The Labute approximate surface area is 198 Å². The Bertz CT molecular complexity index is 1180. The molecule has 3 aromatic carbocycles. The van der Waals surface area contributed by atoms with E-state index >= 15 is 0 Å². The number of para-hydroxylation sites is 1. The number of nitrogens with zero attached hydrogens (tertiary/aromatic N) is 1. The van der Waals surface area contributed by atoms with Gasteiger partial charge in [0.1, 0.15) is 17.5 Å². The highest BCUT2D eigenvalue weighted by molar-refractivity contribution is 5.97. The van der Waals surface area contributed by atoms with Crippen LogP contribution in [0.4, 0.5) is 0 Å². The Hall–Kier alpha value is -4.13. The number of rotatable bonds is 7. The number of carboxylic acids is 1. The number of nitrogens with one attached hydrogen (secondary N) is 1. The number of likely N-dealkylation sites (tertiary alicyclic amines) is 1. The standard InChI is InChI=1S/C27H26N2O5/c1-18-7-5-6-10-23(18)20-15-24(27(32)33)29(17-20)25(30)16-28-26(31)19-11-13-22(14-12-19)34-21-8-3-2-4-9-21/h2-14,20,24H,15-17H2,1H3,(H,28,31)(H,32,33). The maximum atomic E-state index is 12.8. The van der Waals surface area contributed by atoms with E-state index in [4.69, 9.17) is 4.74 Å². The molecule has 1 aliphatic heterocycles. The van der Waals surface area contributed by atoms with Crippen LogP contribution in [-0.4, -0.2) is 46.9 Å². The topological polar surface area (TPSA) is 95.9 Å². The number of benzene rings is 3. The average molecular weight is 459 g/mol. The predicted molar refractivity (Wildman–Crippen MR) is 127 cm³/mol. The molecule has 1 heterocycles. The third-order valence-electron chi connectivity index (χ3n) is 6.03. The van der Waals surface area contributed by atoms with Gasteiger partial charge in [0.15, 0.2) is 0 Å². The van der Waals surface area contributed by atoms with Crippen LogP contribution in [0.1, 0.15) is 33.8 Å². The Morgan fingerprint density at radius 2 is 1.59 bits per heavy atom. The zero-order chi connectivity index (χ0) is 24.1. The summed E-state index contributed by atoms with van der Waals surface area (Å²) < 4.78 is 5.72. The smallest absolute Gasteiger partial charge is 0.326 e. The summed E-state index contributed by atoms with van der Waals surface area (Å²) in [5, 5.41) is 12.3. The van der Waals surface area contributed by atoms with Crippen LogP contribution < -0.4 is 10.1 Å². The van der Waals surface area contributed by atoms with Gasteiger partial charge < -0.3 is 20.1 Å². The largest absolute Gasteiger partial charge is 0.480 e. The second kappa shape index (κ2) is 10.2. The zero-order valence-corrected chi connectivity index (χ0v) is 18.8. The van der Waals surface area contributed by atoms with Crippen molar-refractivity contribution >= 4 is 17.8 Å². The van der Waals surface area contributed by atoms with Crippen LogP contribution in [0.5, 0.6) is 11.5 Å². The molecule has 0 aromatic heterocycles.